The number of para-hydroxylation sites is 1. The Bertz CT molecular complexity index is 1500. The summed E-state index contributed by atoms with van der Waals surface area (Å²) in [6.45, 7) is 0.207. The second-order valence-electron chi connectivity index (χ2n) is 9.08. The molecule has 0 amide bonds. The molecular weight excluding hydrogens is 584 g/mol. The number of anilines is 2. The number of hydrogen-bond donors (Lipinski definition) is 3. The summed E-state index contributed by atoms with van der Waals surface area (Å²) in [7, 11) is -4.28. The Morgan fingerprint density at radius 2 is 1.60 bits per heavy atom. The average molecular weight is 606 g/mol. The smallest absolute Gasteiger partial charge is 0.406 e. The van der Waals surface area contributed by atoms with Gasteiger partial charge in [0.15, 0.2) is 0 Å². The van der Waals surface area contributed by atoms with Crippen LogP contribution in [-0.2, 0) is 16.2 Å². The summed E-state index contributed by atoms with van der Waals surface area (Å²) >= 11 is 1.16. The second-order valence-corrected chi connectivity index (χ2v) is 11.9. The van der Waals surface area contributed by atoms with Crippen molar-refractivity contribution in [1.82, 2.24) is 10.0 Å². The van der Waals surface area contributed by atoms with Gasteiger partial charge in [0, 0.05) is 22.9 Å². The monoisotopic (exact) mass is 605 g/mol. The molecule has 2 aliphatic heterocycles. The number of benzene rings is 3. The Balaban J connectivity index is 1.42. The third-order valence-electron chi connectivity index (χ3n) is 6.42. The van der Waals surface area contributed by atoms with Crippen LogP contribution in [0.5, 0.6) is 5.75 Å². The molecule has 2 heterocycles. The van der Waals surface area contributed by atoms with Crippen molar-refractivity contribution in [1.29, 1.82) is 0 Å². The SMILES string of the molecule is O=S(=O)(N[C@H]1CNC[C@@H](N2c3ccccc3Sc3cc(C(F)(F)F)ccc32)[C@@H]1O)c1ccc(OC(F)(F)F)cc1. The zero-order valence-corrected chi connectivity index (χ0v) is 21.8. The minimum absolute atomic E-state index is 0.0241. The quantitative estimate of drug-likeness (QED) is 0.357. The zero-order valence-electron chi connectivity index (χ0n) is 20.2. The van der Waals surface area contributed by atoms with Crippen LogP contribution in [0, 0.1) is 0 Å². The third-order valence-corrected chi connectivity index (χ3v) is 9.04. The van der Waals surface area contributed by atoms with Crippen LogP contribution < -0.4 is 19.7 Å². The number of nitrogens with one attached hydrogen (secondary N) is 2. The third kappa shape index (κ3) is 5.88. The topological polar surface area (TPSA) is 90.9 Å². The number of halogens is 6. The fourth-order valence-electron chi connectivity index (χ4n) is 4.66. The van der Waals surface area contributed by atoms with Crippen molar-refractivity contribution in [2.24, 2.45) is 0 Å². The minimum atomic E-state index is -4.94. The molecule has 1 saturated heterocycles. The normalized spacial score (nSPS) is 21.5. The molecule has 214 valence electrons. The maximum Gasteiger partial charge on any atom is 0.573 e. The number of sulfonamides is 1. The van der Waals surface area contributed by atoms with E-state index in [4.69, 9.17) is 0 Å². The van der Waals surface area contributed by atoms with Crippen molar-refractivity contribution in [2.75, 3.05) is 18.0 Å². The zero-order chi connectivity index (χ0) is 28.9. The van der Waals surface area contributed by atoms with Crippen molar-refractivity contribution in [3.8, 4) is 5.75 Å². The second kappa shape index (κ2) is 10.4. The lowest BCUT2D eigenvalue weighted by Gasteiger charge is -2.45. The van der Waals surface area contributed by atoms with Crippen molar-refractivity contribution in [2.45, 2.75) is 45.4 Å². The van der Waals surface area contributed by atoms with Gasteiger partial charge in [0.1, 0.15) is 5.75 Å². The predicted octanol–water partition coefficient (Wildman–Crippen LogP) is 4.89. The van der Waals surface area contributed by atoms with E-state index in [2.05, 4.69) is 14.8 Å². The van der Waals surface area contributed by atoms with E-state index in [1.54, 1.807) is 29.2 Å². The van der Waals surface area contributed by atoms with Crippen molar-refractivity contribution < 1.29 is 44.6 Å². The summed E-state index contributed by atoms with van der Waals surface area (Å²) in [5, 5.41) is 14.4. The van der Waals surface area contributed by atoms with E-state index in [1.165, 1.54) is 6.07 Å². The Hall–Kier alpha value is -2.98. The maximum atomic E-state index is 13.4. The number of piperidine rings is 1. The summed E-state index contributed by atoms with van der Waals surface area (Å²) in [6.07, 6.45) is -10.8. The van der Waals surface area contributed by atoms with Crippen LogP contribution in [0.1, 0.15) is 5.56 Å². The van der Waals surface area contributed by atoms with E-state index in [1.807, 2.05) is 0 Å². The van der Waals surface area contributed by atoms with Crippen LogP contribution in [0.15, 0.2) is 81.4 Å². The summed E-state index contributed by atoms with van der Waals surface area (Å²) in [4.78, 5) is 2.33. The molecule has 0 saturated carbocycles. The minimum Gasteiger partial charge on any atom is -0.406 e. The molecule has 0 aliphatic carbocycles. The predicted molar refractivity (Wildman–Crippen MR) is 134 cm³/mol. The maximum absolute atomic E-state index is 13.4. The molecule has 40 heavy (non-hydrogen) atoms. The molecule has 0 bridgehead atoms. The number of hydrogen-bond acceptors (Lipinski definition) is 7. The number of ether oxygens (including phenoxy) is 1. The summed E-state index contributed by atoms with van der Waals surface area (Å²) in [5.41, 5.74) is 0.235. The van der Waals surface area contributed by atoms with Gasteiger partial charge in [-0.25, -0.2) is 13.1 Å². The molecule has 0 aromatic heterocycles. The molecular formula is C25H21F6N3O4S2. The highest BCUT2D eigenvalue weighted by Crippen LogP contribution is 2.50. The van der Waals surface area contributed by atoms with Gasteiger partial charge >= 0.3 is 12.5 Å². The fraction of sp³-hybridized carbons (Fsp3) is 0.280. The first kappa shape index (κ1) is 28.5. The van der Waals surface area contributed by atoms with Crippen LogP contribution in [0.25, 0.3) is 0 Å². The standard InChI is InChI=1S/C25H21F6N3O4S2/c26-24(27,28)14-5-10-19-22(11-14)39-21-4-2-1-3-18(21)34(19)20-13-32-12-17(23(20)35)33-40(36,37)16-8-6-15(7-9-16)38-25(29,30)31/h1-11,17,20,23,32-33,35H,12-13H2/t17-,20+,23+/m0/s1. The Morgan fingerprint density at radius 3 is 2.27 bits per heavy atom. The fourth-order valence-corrected chi connectivity index (χ4v) is 7.02. The molecule has 3 aromatic rings. The van der Waals surface area contributed by atoms with E-state index in [0.717, 1.165) is 48.2 Å². The van der Waals surface area contributed by atoms with Gasteiger partial charge in [-0.05, 0) is 54.6 Å². The molecule has 5 rings (SSSR count). The van der Waals surface area contributed by atoms with Gasteiger partial charge in [-0.3, -0.25) is 0 Å². The summed E-state index contributed by atoms with van der Waals surface area (Å²) in [6, 6.07) is 12.0. The lowest BCUT2D eigenvalue weighted by Crippen LogP contribution is -2.64. The van der Waals surface area contributed by atoms with Crippen molar-refractivity contribution >= 4 is 33.2 Å². The van der Waals surface area contributed by atoms with Gasteiger partial charge < -0.3 is 20.1 Å². The summed E-state index contributed by atoms with van der Waals surface area (Å²) in [5.74, 6) is -0.597. The summed E-state index contributed by atoms with van der Waals surface area (Å²) < 4.78 is 110. The molecule has 2 aliphatic rings. The number of nitrogens with zero attached hydrogens (tertiary/aromatic N) is 1. The molecule has 0 unspecified atom stereocenters. The van der Waals surface area contributed by atoms with E-state index in [9.17, 15) is 39.9 Å². The highest BCUT2D eigenvalue weighted by Gasteiger charge is 2.41. The number of rotatable bonds is 5. The number of aliphatic hydroxyl groups is 1. The molecule has 3 aromatic carbocycles. The lowest BCUT2D eigenvalue weighted by atomic mass is 9.96. The first-order valence-corrected chi connectivity index (χ1v) is 14.1. The molecule has 0 spiro atoms. The number of aliphatic hydroxyl groups excluding tert-OH is 1. The molecule has 3 atom stereocenters. The molecule has 0 radical (unpaired) electrons. The number of alkyl halides is 6. The molecule has 7 nitrogen and oxygen atoms in total. The Labute approximate surface area is 229 Å². The average Bonchev–Trinajstić information content (AvgIpc) is 2.87. The Morgan fingerprint density at radius 1 is 0.925 bits per heavy atom. The van der Waals surface area contributed by atoms with Gasteiger partial charge in [0.05, 0.1) is 40.0 Å². The van der Waals surface area contributed by atoms with E-state index in [-0.39, 0.29) is 18.0 Å². The van der Waals surface area contributed by atoms with Crippen LogP contribution in [0.3, 0.4) is 0 Å². The molecule has 3 N–H and O–H groups in total. The highest BCUT2D eigenvalue weighted by atomic mass is 32.2. The van der Waals surface area contributed by atoms with Gasteiger partial charge in [0.2, 0.25) is 10.0 Å². The van der Waals surface area contributed by atoms with Crippen LogP contribution in [-0.4, -0.2) is 51.2 Å². The van der Waals surface area contributed by atoms with E-state index >= 15 is 0 Å². The molecule has 15 heteroatoms. The first-order chi connectivity index (χ1) is 18.7. The van der Waals surface area contributed by atoms with Gasteiger partial charge in [-0.2, -0.15) is 13.2 Å². The van der Waals surface area contributed by atoms with Gasteiger partial charge in [-0.1, -0.05) is 23.9 Å². The van der Waals surface area contributed by atoms with E-state index in [0.29, 0.717) is 21.2 Å². The Kier molecular flexibility index (Phi) is 7.46. The van der Waals surface area contributed by atoms with Crippen molar-refractivity contribution in [3.63, 3.8) is 0 Å². The first-order valence-electron chi connectivity index (χ1n) is 11.8. The van der Waals surface area contributed by atoms with Crippen LogP contribution in [0.2, 0.25) is 0 Å². The lowest BCUT2D eigenvalue weighted by molar-refractivity contribution is -0.274. The highest BCUT2D eigenvalue weighted by molar-refractivity contribution is 7.99. The van der Waals surface area contributed by atoms with E-state index < -0.39 is 52.1 Å². The largest absolute Gasteiger partial charge is 0.573 e. The van der Waals surface area contributed by atoms with Crippen LogP contribution >= 0.6 is 11.8 Å². The van der Waals surface area contributed by atoms with Crippen molar-refractivity contribution in [3.05, 3.63) is 72.3 Å². The molecule has 1 fully saturated rings. The van der Waals surface area contributed by atoms with Crippen LogP contribution in [0.4, 0.5) is 37.7 Å². The number of fused-ring (bicyclic) bond motifs is 2. The van der Waals surface area contributed by atoms with Gasteiger partial charge in [0.25, 0.3) is 0 Å². The van der Waals surface area contributed by atoms with Gasteiger partial charge in [-0.15, -0.1) is 13.2 Å².